The van der Waals surface area contributed by atoms with Gasteiger partial charge in [-0.15, -0.1) is 19.0 Å². The van der Waals surface area contributed by atoms with Crippen molar-refractivity contribution >= 4 is 12.0 Å². The van der Waals surface area contributed by atoms with E-state index in [9.17, 15) is 0 Å². The molecule has 0 radical (unpaired) electrons. The first-order valence-corrected chi connectivity index (χ1v) is 6.55. The zero-order valence-corrected chi connectivity index (χ0v) is 11.1. The van der Waals surface area contributed by atoms with E-state index >= 15 is 0 Å². The van der Waals surface area contributed by atoms with Crippen LogP contribution in [0.3, 0.4) is 0 Å². The monoisotopic (exact) mass is 217 g/mol. The van der Waals surface area contributed by atoms with Crippen LogP contribution in [0, 0.1) is 0 Å². The van der Waals surface area contributed by atoms with Gasteiger partial charge in [0, 0.05) is 12.5 Å². The highest BCUT2D eigenvalue weighted by molar-refractivity contribution is 6.71. The molecule has 1 nitrogen and oxygen atoms in total. The van der Waals surface area contributed by atoms with Crippen molar-refractivity contribution in [3.05, 3.63) is 35.9 Å². The Morgan fingerprint density at radius 1 is 1.00 bits per heavy atom. The summed E-state index contributed by atoms with van der Waals surface area (Å²) in [5, 5.41) is 0. The third kappa shape index (κ3) is 2.97. The van der Waals surface area contributed by atoms with Crippen LogP contribution in [0.1, 0.15) is 33.3 Å². The summed E-state index contributed by atoms with van der Waals surface area (Å²) in [5.74, 6) is 0. The number of rotatable bonds is 5. The Kier molecular flexibility index (Phi) is 4.79. The van der Waals surface area contributed by atoms with Crippen LogP contribution in [0.5, 0.6) is 0 Å². The van der Waals surface area contributed by atoms with Gasteiger partial charge in [0.15, 0.2) is 0 Å². The quantitative estimate of drug-likeness (QED) is 0.575. The SMILES string of the molecule is CC[B-](CC)(CC)/[NH+]=C(\C)c1ccccc1. The molecule has 0 spiro atoms. The van der Waals surface area contributed by atoms with Gasteiger partial charge in [-0.2, -0.15) is 0 Å². The Bertz CT molecular complexity index is 331. The van der Waals surface area contributed by atoms with E-state index in [1.807, 2.05) is 0 Å². The maximum Gasteiger partial charge on any atom is 0.271 e. The summed E-state index contributed by atoms with van der Waals surface area (Å²) in [5.41, 5.74) is 2.62. The Hall–Kier alpha value is -1.05. The summed E-state index contributed by atoms with van der Waals surface area (Å²) in [6, 6.07) is 10.6. The second-order valence-electron chi connectivity index (χ2n) is 4.84. The molecule has 0 aliphatic carbocycles. The largest absolute Gasteiger partial charge is 0.467 e. The van der Waals surface area contributed by atoms with Gasteiger partial charge in [-0.1, -0.05) is 39.0 Å². The number of benzene rings is 1. The second-order valence-corrected chi connectivity index (χ2v) is 4.84. The molecule has 0 unspecified atom stereocenters. The molecule has 16 heavy (non-hydrogen) atoms. The molecule has 0 aromatic heterocycles. The van der Waals surface area contributed by atoms with Gasteiger partial charge in [0.1, 0.15) is 5.71 Å². The minimum Gasteiger partial charge on any atom is -0.467 e. The molecule has 0 bridgehead atoms. The first-order chi connectivity index (χ1) is 7.67. The highest BCUT2D eigenvalue weighted by Gasteiger charge is 2.26. The zero-order chi connectivity index (χ0) is 12.0. The van der Waals surface area contributed by atoms with E-state index < -0.39 is 6.28 Å². The summed E-state index contributed by atoms with van der Waals surface area (Å²) >= 11 is 0. The minimum atomic E-state index is -0.418. The van der Waals surface area contributed by atoms with E-state index in [0.29, 0.717) is 0 Å². The zero-order valence-electron chi connectivity index (χ0n) is 11.1. The predicted molar refractivity (Wildman–Crippen MR) is 74.4 cm³/mol. The van der Waals surface area contributed by atoms with Crippen molar-refractivity contribution < 1.29 is 4.90 Å². The van der Waals surface area contributed by atoms with Crippen molar-refractivity contribution in [1.82, 2.24) is 0 Å². The van der Waals surface area contributed by atoms with Gasteiger partial charge in [0.2, 0.25) is 0 Å². The Morgan fingerprint density at radius 2 is 1.50 bits per heavy atom. The molecule has 0 amide bonds. The van der Waals surface area contributed by atoms with Crippen LogP contribution < -0.4 is 4.90 Å². The molecule has 0 heterocycles. The fraction of sp³-hybridized carbons (Fsp3) is 0.500. The van der Waals surface area contributed by atoms with Gasteiger partial charge < -0.3 is 4.90 Å². The van der Waals surface area contributed by atoms with Crippen molar-refractivity contribution in [1.29, 1.82) is 0 Å². The molecule has 1 rings (SSSR count). The highest BCUT2D eigenvalue weighted by atomic mass is 14.7. The van der Waals surface area contributed by atoms with Gasteiger partial charge in [0.25, 0.3) is 6.28 Å². The molecule has 0 saturated heterocycles. The number of nitrogens with one attached hydrogen (secondary N) is 1. The van der Waals surface area contributed by atoms with Gasteiger partial charge in [-0.25, -0.2) is 0 Å². The van der Waals surface area contributed by atoms with Crippen LogP contribution >= 0.6 is 0 Å². The van der Waals surface area contributed by atoms with Crippen LogP contribution in [0.15, 0.2) is 30.3 Å². The lowest BCUT2D eigenvalue weighted by Gasteiger charge is -2.25. The van der Waals surface area contributed by atoms with Crippen LogP contribution in [-0.4, -0.2) is 12.0 Å². The Balaban J connectivity index is 2.99. The summed E-state index contributed by atoms with van der Waals surface area (Å²) in [6.07, 6.45) is 3.28. The number of hydrogen-bond acceptors (Lipinski definition) is 0. The minimum absolute atomic E-state index is 0.418. The first-order valence-electron chi connectivity index (χ1n) is 6.55. The molecule has 1 N–H and O–H groups in total. The fourth-order valence-electron chi connectivity index (χ4n) is 2.40. The van der Waals surface area contributed by atoms with Crippen LogP contribution in [0.4, 0.5) is 0 Å². The highest BCUT2D eigenvalue weighted by Crippen LogP contribution is 2.10. The van der Waals surface area contributed by atoms with Crippen molar-refractivity contribution in [2.24, 2.45) is 0 Å². The van der Waals surface area contributed by atoms with Gasteiger partial charge in [-0.3, -0.25) is 0 Å². The summed E-state index contributed by atoms with van der Waals surface area (Å²) in [4.78, 5) is 3.77. The molecule has 0 aliphatic rings. The van der Waals surface area contributed by atoms with E-state index in [1.165, 1.54) is 30.2 Å². The summed E-state index contributed by atoms with van der Waals surface area (Å²) in [7, 11) is 0. The number of hydrogen-bond donors (Lipinski definition) is 1. The molecule has 0 fully saturated rings. The average molecular weight is 217 g/mol. The average Bonchev–Trinajstić information content (AvgIpc) is 2.37. The maximum atomic E-state index is 3.77. The maximum absolute atomic E-state index is 3.77. The molecule has 88 valence electrons. The van der Waals surface area contributed by atoms with Crippen molar-refractivity contribution in [3.8, 4) is 0 Å². The lowest BCUT2D eigenvalue weighted by molar-refractivity contribution is -0.309. The molecular weight excluding hydrogens is 193 g/mol. The fourth-order valence-corrected chi connectivity index (χ4v) is 2.40. The molecular formula is C14H24BN. The molecule has 0 atom stereocenters. The van der Waals surface area contributed by atoms with Gasteiger partial charge in [0.05, 0.1) is 0 Å². The molecule has 0 aliphatic heterocycles. The van der Waals surface area contributed by atoms with Crippen molar-refractivity contribution in [2.75, 3.05) is 0 Å². The smallest absolute Gasteiger partial charge is 0.271 e. The summed E-state index contributed by atoms with van der Waals surface area (Å²) < 4.78 is 0. The van der Waals surface area contributed by atoms with Crippen LogP contribution in [-0.2, 0) is 0 Å². The predicted octanol–water partition coefficient (Wildman–Crippen LogP) is 2.58. The van der Waals surface area contributed by atoms with E-state index in [0.717, 1.165) is 0 Å². The third-order valence-electron chi connectivity index (χ3n) is 4.07. The van der Waals surface area contributed by atoms with Crippen molar-refractivity contribution in [2.45, 2.75) is 46.7 Å². The molecule has 2 heteroatoms. The normalized spacial score (nSPS) is 12.9. The second kappa shape index (κ2) is 5.88. The molecule has 1 aromatic carbocycles. The third-order valence-corrected chi connectivity index (χ3v) is 4.07. The topological polar surface area (TPSA) is 14.0 Å². The molecule has 0 saturated carbocycles. The Labute approximate surface area is 99.9 Å². The molecule has 1 aromatic rings. The lowest BCUT2D eigenvalue weighted by atomic mass is 9.30. The summed E-state index contributed by atoms with van der Waals surface area (Å²) in [6.45, 7) is 9.06. The van der Waals surface area contributed by atoms with E-state index in [-0.39, 0.29) is 0 Å². The van der Waals surface area contributed by atoms with Crippen molar-refractivity contribution in [3.63, 3.8) is 0 Å². The lowest BCUT2D eigenvalue weighted by Crippen LogP contribution is -2.90. The van der Waals surface area contributed by atoms with Crippen LogP contribution in [0.2, 0.25) is 19.0 Å². The first kappa shape index (κ1) is 13.0. The van der Waals surface area contributed by atoms with E-state index in [2.05, 4.69) is 62.9 Å². The van der Waals surface area contributed by atoms with Gasteiger partial charge in [-0.05, 0) is 12.1 Å². The van der Waals surface area contributed by atoms with E-state index in [4.69, 9.17) is 0 Å². The Morgan fingerprint density at radius 3 is 1.94 bits per heavy atom. The van der Waals surface area contributed by atoms with Crippen LogP contribution in [0.25, 0.3) is 0 Å². The van der Waals surface area contributed by atoms with E-state index in [1.54, 1.807) is 0 Å². The standard InChI is InChI=1S/C14H24BN/c1-5-15(6-2,7-3)16-13(4)14-11-9-8-10-12-14/h8-12,16H,5-7H2,1-4H3/b16-13+. The van der Waals surface area contributed by atoms with Gasteiger partial charge >= 0.3 is 0 Å².